The van der Waals surface area contributed by atoms with Crippen molar-refractivity contribution in [2.24, 2.45) is 0 Å². The van der Waals surface area contributed by atoms with Gasteiger partial charge in [0.15, 0.2) is 9.84 Å². The Morgan fingerprint density at radius 2 is 1.77 bits per heavy atom. The zero-order valence-corrected chi connectivity index (χ0v) is 15.8. The lowest BCUT2D eigenvalue weighted by atomic mass is 10.0. The van der Waals surface area contributed by atoms with Crippen molar-refractivity contribution in [1.82, 2.24) is 9.47 Å². The lowest BCUT2D eigenvalue weighted by Crippen LogP contribution is -2.41. The van der Waals surface area contributed by atoms with Crippen LogP contribution in [0.25, 0.3) is 10.9 Å². The molecule has 0 amide bonds. The molecule has 2 unspecified atom stereocenters. The van der Waals surface area contributed by atoms with Crippen molar-refractivity contribution in [3.05, 3.63) is 70.9 Å². The number of benzene rings is 2. The number of rotatable bonds is 1. The van der Waals surface area contributed by atoms with E-state index in [-0.39, 0.29) is 0 Å². The highest BCUT2D eigenvalue weighted by Gasteiger charge is 2.46. The van der Waals surface area contributed by atoms with Gasteiger partial charge in [-0.2, -0.15) is 0 Å². The maximum Gasteiger partial charge on any atom is 0.168 e. The molecule has 3 aromatic rings. The Kier molecular flexibility index (Phi) is 3.37. The minimum absolute atomic E-state index is 0.456. The summed E-state index contributed by atoms with van der Waals surface area (Å²) in [5.74, 6) is 0. The maximum atomic E-state index is 13.5. The minimum atomic E-state index is -3.31. The van der Waals surface area contributed by atoms with Crippen molar-refractivity contribution in [2.75, 3.05) is 13.6 Å². The van der Waals surface area contributed by atoms with Gasteiger partial charge in [0.25, 0.3) is 0 Å². The van der Waals surface area contributed by atoms with E-state index in [9.17, 15) is 8.42 Å². The molecule has 0 radical (unpaired) electrons. The minimum Gasteiger partial charge on any atom is -0.341 e. The Morgan fingerprint density at radius 3 is 2.54 bits per heavy atom. The normalized spacial score (nSPS) is 24.5. The Hall–Kier alpha value is -2.11. The number of aryl methyl sites for hydroxylation is 1. The summed E-state index contributed by atoms with van der Waals surface area (Å²) in [6.45, 7) is 3.97. The van der Waals surface area contributed by atoms with Crippen molar-refractivity contribution in [1.29, 1.82) is 0 Å². The zero-order valence-electron chi connectivity index (χ0n) is 15.0. The maximum absolute atomic E-state index is 13.5. The van der Waals surface area contributed by atoms with Crippen molar-refractivity contribution in [2.45, 2.75) is 30.5 Å². The number of sulfone groups is 1. The van der Waals surface area contributed by atoms with Crippen molar-refractivity contribution in [3.63, 3.8) is 0 Å². The van der Waals surface area contributed by atoms with E-state index in [2.05, 4.69) is 34.6 Å². The van der Waals surface area contributed by atoms with Crippen molar-refractivity contribution >= 4 is 20.7 Å². The molecule has 0 aliphatic carbocycles. The smallest absolute Gasteiger partial charge is 0.168 e. The van der Waals surface area contributed by atoms with Crippen LogP contribution in [0.1, 0.15) is 32.9 Å². The number of aromatic nitrogens is 1. The molecule has 0 bridgehead atoms. The van der Waals surface area contributed by atoms with E-state index in [0.717, 1.165) is 23.3 Å². The van der Waals surface area contributed by atoms with E-state index in [1.807, 2.05) is 37.4 Å². The quantitative estimate of drug-likeness (QED) is 0.661. The third-order valence-corrected chi connectivity index (χ3v) is 8.27. The van der Waals surface area contributed by atoms with Crippen molar-refractivity contribution < 1.29 is 8.42 Å². The molecule has 2 aliphatic heterocycles. The standard InChI is InChI=1S/C21H22N2O2S/c1-14-8-9-18-16(10-14)17-11-22(2)12-20-21(17)23(18)13-19(26(20,24)25)15-6-4-3-5-7-15/h3-10,19-20H,11-13H2,1-2H3. The summed E-state index contributed by atoms with van der Waals surface area (Å²) >= 11 is 0. The molecule has 0 spiro atoms. The Morgan fingerprint density at radius 1 is 1.00 bits per heavy atom. The average Bonchev–Trinajstić information content (AvgIpc) is 2.92. The largest absolute Gasteiger partial charge is 0.341 e. The van der Waals surface area contributed by atoms with E-state index in [1.54, 1.807) is 0 Å². The molecule has 26 heavy (non-hydrogen) atoms. The number of hydrogen-bond acceptors (Lipinski definition) is 3. The van der Waals surface area contributed by atoms with Gasteiger partial charge in [0.2, 0.25) is 0 Å². The molecule has 2 atom stereocenters. The molecule has 134 valence electrons. The van der Waals surface area contributed by atoms with E-state index in [4.69, 9.17) is 0 Å². The third-order valence-electron chi connectivity index (χ3n) is 5.89. The van der Waals surface area contributed by atoms with Crippen molar-refractivity contribution in [3.8, 4) is 0 Å². The topological polar surface area (TPSA) is 42.3 Å². The van der Waals surface area contributed by atoms with Crippen LogP contribution in [0.5, 0.6) is 0 Å². The second kappa shape index (κ2) is 5.44. The number of fused-ring (bicyclic) bond motifs is 3. The molecule has 5 rings (SSSR count). The summed E-state index contributed by atoms with van der Waals surface area (Å²) in [5.41, 5.74) is 5.48. The molecule has 0 saturated heterocycles. The highest BCUT2D eigenvalue weighted by molar-refractivity contribution is 7.92. The van der Waals surface area contributed by atoms with E-state index < -0.39 is 20.3 Å². The first-order valence-corrected chi connectivity index (χ1v) is 10.7. The molecule has 2 aromatic carbocycles. The van der Waals surface area contributed by atoms with Gasteiger partial charge >= 0.3 is 0 Å². The lowest BCUT2D eigenvalue weighted by molar-refractivity contribution is 0.296. The first-order valence-electron chi connectivity index (χ1n) is 9.04. The van der Waals surface area contributed by atoms with Gasteiger partial charge in [-0.15, -0.1) is 0 Å². The van der Waals surface area contributed by atoms with Crippen LogP contribution in [0, 0.1) is 6.92 Å². The van der Waals surface area contributed by atoms with Crippen LogP contribution in [0.3, 0.4) is 0 Å². The third kappa shape index (κ3) is 2.14. The van der Waals surface area contributed by atoms with Gasteiger partial charge in [0.05, 0.1) is 0 Å². The second-order valence-corrected chi connectivity index (χ2v) is 9.98. The van der Waals surface area contributed by atoms with Gasteiger partial charge < -0.3 is 9.47 Å². The van der Waals surface area contributed by atoms with E-state index in [1.165, 1.54) is 16.5 Å². The number of nitrogens with zero attached hydrogens (tertiary/aromatic N) is 2. The first-order chi connectivity index (χ1) is 12.5. The summed E-state index contributed by atoms with van der Waals surface area (Å²) < 4.78 is 29.4. The van der Waals surface area contributed by atoms with Gasteiger partial charge in [-0.05, 0) is 37.2 Å². The fraction of sp³-hybridized carbons (Fsp3) is 0.333. The molecule has 3 heterocycles. The molecular weight excluding hydrogens is 344 g/mol. The van der Waals surface area contributed by atoms with E-state index >= 15 is 0 Å². The van der Waals surface area contributed by atoms with Gasteiger partial charge in [-0.3, -0.25) is 0 Å². The highest BCUT2D eigenvalue weighted by atomic mass is 32.2. The summed E-state index contributed by atoms with van der Waals surface area (Å²) in [6.07, 6.45) is 0. The monoisotopic (exact) mass is 366 g/mol. The highest BCUT2D eigenvalue weighted by Crippen LogP contribution is 2.47. The Labute approximate surface area is 154 Å². The molecule has 4 nitrogen and oxygen atoms in total. The van der Waals surface area contributed by atoms with E-state index in [0.29, 0.717) is 13.1 Å². The molecule has 5 heteroatoms. The van der Waals surface area contributed by atoms with Gasteiger partial charge in [0, 0.05) is 36.2 Å². The summed E-state index contributed by atoms with van der Waals surface area (Å²) in [7, 11) is -1.29. The molecule has 0 saturated carbocycles. The van der Waals surface area contributed by atoms with Crippen LogP contribution in [-0.2, 0) is 22.9 Å². The van der Waals surface area contributed by atoms with Gasteiger partial charge in [-0.1, -0.05) is 42.0 Å². The van der Waals surface area contributed by atoms with Crippen LogP contribution in [-0.4, -0.2) is 31.5 Å². The van der Waals surface area contributed by atoms with Crippen LogP contribution >= 0.6 is 0 Å². The van der Waals surface area contributed by atoms with Crippen LogP contribution in [0.15, 0.2) is 48.5 Å². The van der Waals surface area contributed by atoms with Gasteiger partial charge in [0.1, 0.15) is 10.5 Å². The second-order valence-electron chi connectivity index (χ2n) is 7.67. The van der Waals surface area contributed by atoms with Crippen LogP contribution in [0.4, 0.5) is 0 Å². The molecular formula is C21H22N2O2S. The summed E-state index contributed by atoms with van der Waals surface area (Å²) in [5, 5.41) is 0.265. The summed E-state index contributed by atoms with van der Waals surface area (Å²) in [4.78, 5) is 2.14. The fourth-order valence-electron chi connectivity index (χ4n) is 4.68. The molecule has 1 aromatic heterocycles. The Balaban J connectivity index is 1.82. The fourth-order valence-corrected chi connectivity index (χ4v) is 7.02. The van der Waals surface area contributed by atoms with Crippen LogP contribution < -0.4 is 0 Å². The predicted octanol–water partition coefficient (Wildman–Crippen LogP) is 3.61. The number of likely N-dealkylation sites (N-methyl/N-ethyl adjacent to an activating group) is 1. The molecule has 0 N–H and O–H groups in total. The molecule has 2 aliphatic rings. The van der Waals surface area contributed by atoms with Gasteiger partial charge in [-0.25, -0.2) is 8.42 Å². The predicted molar refractivity (Wildman–Crippen MR) is 104 cm³/mol. The zero-order chi connectivity index (χ0) is 18.1. The Bertz CT molecular complexity index is 1120. The lowest BCUT2D eigenvalue weighted by Gasteiger charge is -2.38. The average molecular weight is 366 g/mol. The summed E-state index contributed by atoms with van der Waals surface area (Å²) in [6, 6.07) is 16.1. The van der Waals surface area contributed by atoms with Crippen LogP contribution in [0.2, 0.25) is 0 Å². The number of hydrogen-bond donors (Lipinski definition) is 0. The first kappa shape index (κ1) is 16.1. The molecule has 0 fully saturated rings. The SMILES string of the molecule is Cc1ccc2c(c1)c1c3n2CC(c2ccccc2)S(=O)(=O)C3CN(C)C1.